The molecule has 0 radical (unpaired) electrons. The van der Waals surface area contributed by atoms with Crippen LogP contribution < -0.4 is 15.4 Å². The minimum absolute atomic E-state index is 0.166. The molecule has 19 heavy (non-hydrogen) atoms. The lowest BCUT2D eigenvalue weighted by atomic mass is 10.2. The van der Waals surface area contributed by atoms with Gasteiger partial charge in [0, 0.05) is 25.6 Å². The van der Waals surface area contributed by atoms with Crippen LogP contribution in [0.2, 0.25) is 0 Å². The summed E-state index contributed by atoms with van der Waals surface area (Å²) in [5, 5.41) is 6.33. The molecule has 1 saturated heterocycles. The predicted octanol–water partition coefficient (Wildman–Crippen LogP) is 1.84. The molecule has 0 saturated carbocycles. The van der Waals surface area contributed by atoms with Gasteiger partial charge in [0.1, 0.15) is 5.75 Å². The molecular formula is C15H22N2O2. The second-order valence-electron chi connectivity index (χ2n) is 5.25. The molecule has 0 spiro atoms. The van der Waals surface area contributed by atoms with Gasteiger partial charge in [-0.3, -0.25) is 4.79 Å². The number of nitrogens with one attached hydrogen (secondary N) is 2. The third kappa shape index (κ3) is 4.56. The Morgan fingerprint density at radius 2 is 2.32 bits per heavy atom. The topological polar surface area (TPSA) is 50.4 Å². The molecule has 1 heterocycles. The molecule has 1 atom stereocenters. The number of carbonyl (C=O) groups excluding carboxylic acids is 1. The van der Waals surface area contributed by atoms with E-state index in [0.29, 0.717) is 6.42 Å². The maximum absolute atomic E-state index is 11.1. The first kappa shape index (κ1) is 13.9. The van der Waals surface area contributed by atoms with Crippen molar-refractivity contribution in [3.63, 3.8) is 0 Å². The van der Waals surface area contributed by atoms with Crippen molar-refractivity contribution in [3.05, 3.63) is 29.8 Å². The van der Waals surface area contributed by atoms with Crippen LogP contribution in [0.25, 0.3) is 0 Å². The molecule has 1 fully saturated rings. The summed E-state index contributed by atoms with van der Waals surface area (Å²) in [5.41, 5.74) is 1.20. The number of benzene rings is 1. The Morgan fingerprint density at radius 1 is 1.47 bits per heavy atom. The zero-order valence-electron chi connectivity index (χ0n) is 11.6. The molecule has 1 aliphatic heterocycles. The molecule has 0 aliphatic carbocycles. The fraction of sp³-hybridized carbons (Fsp3) is 0.533. The Morgan fingerprint density at radius 3 is 3.00 bits per heavy atom. The van der Waals surface area contributed by atoms with Crippen molar-refractivity contribution in [1.29, 1.82) is 0 Å². The lowest BCUT2D eigenvalue weighted by Crippen LogP contribution is -2.35. The van der Waals surface area contributed by atoms with Crippen LogP contribution in [0.5, 0.6) is 5.75 Å². The predicted molar refractivity (Wildman–Crippen MR) is 75.1 cm³/mol. The van der Waals surface area contributed by atoms with E-state index in [0.717, 1.165) is 25.3 Å². The van der Waals surface area contributed by atoms with Gasteiger partial charge in [0.25, 0.3) is 0 Å². The second-order valence-corrected chi connectivity index (χ2v) is 5.25. The highest BCUT2D eigenvalue weighted by Crippen LogP contribution is 2.15. The molecule has 2 rings (SSSR count). The summed E-state index contributed by atoms with van der Waals surface area (Å²) in [6, 6.07) is 8.39. The summed E-state index contributed by atoms with van der Waals surface area (Å²) >= 11 is 0. The number of hydrogen-bond acceptors (Lipinski definition) is 3. The van der Waals surface area contributed by atoms with Crippen molar-refractivity contribution in [3.8, 4) is 5.75 Å². The number of amides is 1. The summed E-state index contributed by atoms with van der Waals surface area (Å²) in [6.07, 6.45) is 1.78. The summed E-state index contributed by atoms with van der Waals surface area (Å²) in [7, 11) is 0. The first-order chi connectivity index (χ1) is 9.13. The van der Waals surface area contributed by atoms with Gasteiger partial charge in [-0.2, -0.15) is 0 Å². The van der Waals surface area contributed by atoms with E-state index in [1.54, 1.807) is 0 Å². The summed E-state index contributed by atoms with van der Waals surface area (Å²) in [6.45, 7) is 5.66. The van der Waals surface area contributed by atoms with Crippen molar-refractivity contribution in [2.75, 3.05) is 6.54 Å². The minimum Gasteiger partial charge on any atom is -0.491 e. The summed E-state index contributed by atoms with van der Waals surface area (Å²) in [4.78, 5) is 11.1. The van der Waals surface area contributed by atoms with Gasteiger partial charge in [0.05, 0.1) is 6.10 Å². The largest absolute Gasteiger partial charge is 0.491 e. The van der Waals surface area contributed by atoms with Crippen molar-refractivity contribution in [1.82, 2.24) is 10.6 Å². The maximum Gasteiger partial charge on any atom is 0.220 e. The SMILES string of the molecule is CC(C)Oc1cccc(CNCC2CCC(=O)N2)c1. The van der Waals surface area contributed by atoms with Gasteiger partial charge in [0.15, 0.2) is 0 Å². The zero-order valence-corrected chi connectivity index (χ0v) is 11.6. The van der Waals surface area contributed by atoms with E-state index in [-0.39, 0.29) is 18.1 Å². The number of ether oxygens (including phenoxy) is 1. The van der Waals surface area contributed by atoms with Gasteiger partial charge >= 0.3 is 0 Å². The fourth-order valence-electron chi connectivity index (χ4n) is 2.22. The van der Waals surface area contributed by atoms with E-state index in [9.17, 15) is 4.79 Å². The van der Waals surface area contributed by atoms with Crippen molar-refractivity contribution >= 4 is 5.91 Å². The highest BCUT2D eigenvalue weighted by molar-refractivity contribution is 5.78. The standard InChI is InChI=1S/C15H22N2O2/c1-11(2)19-14-5-3-4-12(8-14)9-16-10-13-6-7-15(18)17-13/h3-5,8,11,13,16H,6-7,9-10H2,1-2H3,(H,17,18). The van der Waals surface area contributed by atoms with Crippen molar-refractivity contribution < 1.29 is 9.53 Å². The first-order valence-corrected chi connectivity index (χ1v) is 6.89. The van der Waals surface area contributed by atoms with Gasteiger partial charge in [-0.15, -0.1) is 0 Å². The molecule has 2 N–H and O–H groups in total. The molecule has 0 bridgehead atoms. The smallest absolute Gasteiger partial charge is 0.220 e. The Kier molecular flexibility index (Phi) is 4.80. The van der Waals surface area contributed by atoms with Gasteiger partial charge < -0.3 is 15.4 Å². The fourth-order valence-corrected chi connectivity index (χ4v) is 2.22. The maximum atomic E-state index is 11.1. The van der Waals surface area contributed by atoms with E-state index >= 15 is 0 Å². The molecule has 1 amide bonds. The Balaban J connectivity index is 1.77. The molecule has 104 valence electrons. The molecule has 0 aromatic heterocycles. The molecule has 1 aromatic rings. The minimum atomic E-state index is 0.166. The van der Waals surface area contributed by atoms with E-state index in [1.807, 2.05) is 26.0 Å². The molecule has 1 unspecified atom stereocenters. The summed E-state index contributed by atoms with van der Waals surface area (Å²) in [5.74, 6) is 1.07. The molecule has 1 aliphatic rings. The Hall–Kier alpha value is -1.55. The Bertz CT molecular complexity index is 432. The first-order valence-electron chi connectivity index (χ1n) is 6.89. The number of carbonyl (C=O) groups is 1. The third-order valence-corrected chi connectivity index (χ3v) is 3.08. The quantitative estimate of drug-likeness (QED) is 0.822. The van der Waals surface area contributed by atoms with E-state index in [1.165, 1.54) is 5.56 Å². The lowest BCUT2D eigenvalue weighted by molar-refractivity contribution is -0.119. The van der Waals surface area contributed by atoms with Crippen LogP contribution in [-0.2, 0) is 11.3 Å². The molecule has 1 aromatic carbocycles. The molecule has 4 heteroatoms. The molecule has 4 nitrogen and oxygen atoms in total. The Labute approximate surface area is 114 Å². The normalized spacial score (nSPS) is 18.7. The van der Waals surface area contributed by atoms with E-state index in [4.69, 9.17) is 4.74 Å². The van der Waals surface area contributed by atoms with Crippen LogP contribution in [0.15, 0.2) is 24.3 Å². The lowest BCUT2D eigenvalue weighted by Gasteiger charge is -2.13. The van der Waals surface area contributed by atoms with Gasteiger partial charge in [-0.05, 0) is 38.0 Å². The molecular weight excluding hydrogens is 240 g/mol. The van der Waals surface area contributed by atoms with Crippen molar-refractivity contribution in [2.24, 2.45) is 0 Å². The van der Waals surface area contributed by atoms with Crippen LogP contribution in [-0.4, -0.2) is 24.6 Å². The summed E-state index contributed by atoms with van der Waals surface area (Å²) < 4.78 is 5.66. The van der Waals surface area contributed by atoms with E-state index in [2.05, 4.69) is 22.8 Å². The van der Waals surface area contributed by atoms with Gasteiger partial charge in [-0.1, -0.05) is 12.1 Å². The second kappa shape index (κ2) is 6.57. The van der Waals surface area contributed by atoms with E-state index < -0.39 is 0 Å². The number of hydrogen-bond donors (Lipinski definition) is 2. The third-order valence-electron chi connectivity index (χ3n) is 3.08. The van der Waals surface area contributed by atoms with Crippen LogP contribution in [0.3, 0.4) is 0 Å². The van der Waals surface area contributed by atoms with Gasteiger partial charge in [0.2, 0.25) is 5.91 Å². The monoisotopic (exact) mass is 262 g/mol. The van der Waals surface area contributed by atoms with Crippen LogP contribution in [0, 0.1) is 0 Å². The highest BCUT2D eigenvalue weighted by atomic mass is 16.5. The number of rotatable bonds is 6. The van der Waals surface area contributed by atoms with Crippen molar-refractivity contribution in [2.45, 2.75) is 45.4 Å². The van der Waals surface area contributed by atoms with Crippen LogP contribution in [0.4, 0.5) is 0 Å². The highest BCUT2D eigenvalue weighted by Gasteiger charge is 2.19. The van der Waals surface area contributed by atoms with Crippen LogP contribution >= 0.6 is 0 Å². The zero-order chi connectivity index (χ0) is 13.7. The average molecular weight is 262 g/mol. The van der Waals surface area contributed by atoms with Crippen LogP contribution in [0.1, 0.15) is 32.3 Å². The average Bonchev–Trinajstić information content (AvgIpc) is 2.75. The van der Waals surface area contributed by atoms with Gasteiger partial charge in [-0.25, -0.2) is 0 Å².